The quantitative estimate of drug-likeness (QED) is 0.793. The molecule has 20 heavy (non-hydrogen) atoms. The molecule has 98 valence electrons. The van der Waals surface area contributed by atoms with Crippen LogP contribution in [0.3, 0.4) is 0 Å². The SMILES string of the molecule is Cc1ccc2c(c1)C1(NC(=O)c3ccccc31)OC=C2. The van der Waals surface area contributed by atoms with Crippen LogP contribution in [0.15, 0.2) is 48.7 Å². The van der Waals surface area contributed by atoms with Gasteiger partial charge in [0, 0.05) is 16.7 Å². The van der Waals surface area contributed by atoms with Gasteiger partial charge in [-0.15, -0.1) is 0 Å². The van der Waals surface area contributed by atoms with E-state index in [4.69, 9.17) is 4.74 Å². The number of hydrogen-bond acceptors (Lipinski definition) is 2. The molecule has 0 aliphatic carbocycles. The Kier molecular flexibility index (Phi) is 2.11. The van der Waals surface area contributed by atoms with E-state index in [9.17, 15) is 4.79 Å². The Morgan fingerprint density at radius 3 is 2.85 bits per heavy atom. The highest BCUT2D eigenvalue weighted by atomic mass is 16.5. The van der Waals surface area contributed by atoms with Gasteiger partial charge in [0.2, 0.25) is 5.72 Å². The van der Waals surface area contributed by atoms with E-state index in [2.05, 4.69) is 23.5 Å². The molecule has 0 aromatic heterocycles. The zero-order valence-corrected chi connectivity index (χ0v) is 11.0. The number of aryl methyl sites for hydroxylation is 1. The fourth-order valence-corrected chi connectivity index (χ4v) is 2.98. The summed E-state index contributed by atoms with van der Waals surface area (Å²) in [6.07, 6.45) is 3.58. The van der Waals surface area contributed by atoms with Crippen molar-refractivity contribution in [2.24, 2.45) is 0 Å². The number of fused-ring (bicyclic) bond motifs is 4. The third-order valence-electron chi connectivity index (χ3n) is 3.92. The molecular formula is C17H13NO2. The molecule has 1 unspecified atom stereocenters. The predicted octanol–water partition coefficient (Wildman–Crippen LogP) is 2.94. The first-order valence-corrected chi connectivity index (χ1v) is 6.58. The van der Waals surface area contributed by atoms with Crippen molar-refractivity contribution in [1.29, 1.82) is 0 Å². The van der Waals surface area contributed by atoms with E-state index in [0.717, 1.165) is 22.3 Å². The third-order valence-corrected chi connectivity index (χ3v) is 3.92. The Bertz CT molecular complexity index is 763. The number of ether oxygens (including phenoxy) is 1. The molecule has 2 aromatic rings. The molecule has 3 nitrogen and oxygen atoms in total. The average Bonchev–Trinajstić information content (AvgIpc) is 2.74. The van der Waals surface area contributed by atoms with E-state index in [-0.39, 0.29) is 5.91 Å². The second-order valence-corrected chi connectivity index (χ2v) is 5.19. The van der Waals surface area contributed by atoms with Gasteiger partial charge in [-0.2, -0.15) is 0 Å². The van der Waals surface area contributed by atoms with Gasteiger partial charge >= 0.3 is 0 Å². The number of carbonyl (C=O) groups is 1. The van der Waals surface area contributed by atoms with E-state index in [0.29, 0.717) is 5.56 Å². The number of nitrogens with one attached hydrogen (secondary N) is 1. The second kappa shape index (κ2) is 3.73. The lowest BCUT2D eigenvalue weighted by atomic mass is 9.88. The zero-order valence-electron chi connectivity index (χ0n) is 11.0. The molecule has 2 aliphatic rings. The van der Waals surface area contributed by atoms with Crippen LogP contribution in [0.4, 0.5) is 0 Å². The summed E-state index contributed by atoms with van der Waals surface area (Å²) in [5.74, 6) is -0.0941. The van der Waals surface area contributed by atoms with Crippen LogP contribution in [0.25, 0.3) is 6.08 Å². The van der Waals surface area contributed by atoms with Crippen molar-refractivity contribution >= 4 is 12.0 Å². The van der Waals surface area contributed by atoms with Gasteiger partial charge in [-0.25, -0.2) is 0 Å². The first kappa shape index (κ1) is 11.3. The summed E-state index contributed by atoms with van der Waals surface area (Å²) in [6, 6.07) is 13.8. The molecule has 0 saturated heterocycles. The number of hydrogen-bond donors (Lipinski definition) is 1. The van der Waals surface area contributed by atoms with Gasteiger partial charge in [0.1, 0.15) is 0 Å². The average molecular weight is 263 g/mol. The number of carbonyl (C=O) groups excluding carboxylic acids is 1. The lowest BCUT2D eigenvalue weighted by Gasteiger charge is -2.34. The molecule has 0 fully saturated rings. The van der Waals surface area contributed by atoms with Gasteiger partial charge in [-0.1, -0.05) is 35.9 Å². The van der Waals surface area contributed by atoms with Crippen molar-refractivity contribution in [3.8, 4) is 0 Å². The van der Waals surface area contributed by atoms with Crippen LogP contribution in [-0.4, -0.2) is 5.91 Å². The van der Waals surface area contributed by atoms with Crippen molar-refractivity contribution < 1.29 is 9.53 Å². The van der Waals surface area contributed by atoms with Gasteiger partial charge < -0.3 is 10.1 Å². The fraction of sp³-hybridized carbons (Fsp3) is 0.118. The van der Waals surface area contributed by atoms with Gasteiger partial charge in [0.05, 0.1) is 6.26 Å². The zero-order chi connectivity index (χ0) is 13.7. The Morgan fingerprint density at radius 1 is 1.10 bits per heavy atom. The van der Waals surface area contributed by atoms with Crippen LogP contribution < -0.4 is 5.32 Å². The minimum atomic E-state index is -0.885. The third kappa shape index (κ3) is 1.32. The van der Waals surface area contributed by atoms with E-state index in [1.165, 1.54) is 0 Å². The monoisotopic (exact) mass is 263 g/mol. The van der Waals surface area contributed by atoms with Crippen LogP contribution in [-0.2, 0) is 10.5 Å². The normalized spacial score (nSPS) is 22.1. The Hall–Kier alpha value is -2.55. The number of benzene rings is 2. The summed E-state index contributed by atoms with van der Waals surface area (Å²) in [5.41, 5.74) is 3.86. The summed E-state index contributed by atoms with van der Waals surface area (Å²) < 4.78 is 5.89. The summed E-state index contributed by atoms with van der Waals surface area (Å²) in [4.78, 5) is 12.2. The topological polar surface area (TPSA) is 38.3 Å². The molecule has 3 heteroatoms. The van der Waals surface area contributed by atoms with E-state index < -0.39 is 5.72 Å². The molecule has 0 saturated carbocycles. The van der Waals surface area contributed by atoms with Gasteiger partial charge in [0.15, 0.2) is 0 Å². The van der Waals surface area contributed by atoms with Crippen molar-refractivity contribution in [1.82, 2.24) is 5.32 Å². The lowest BCUT2D eigenvalue weighted by Crippen LogP contribution is -2.43. The fourth-order valence-electron chi connectivity index (χ4n) is 2.98. The van der Waals surface area contributed by atoms with E-state index >= 15 is 0 Å². The highest BCUT2D eigenvalue weighted by Gasteiger charge is 2.48. The molecule has 2 aliphatic heterocycles. The molecule has 0 bridgehead atoms. The molecule has 4 rings (SSSR count). The summed E-state index contributed by atoms with van der Waals surface area (Å²) in [5, 5.41) is 3.01. The molecule has 1 atom stereocenters. The van der Waals surface area contributed by atoms with Crippen LogP contribution >= 0.6 is 0 Å². The van der Waals surface area contributed by atoms with Gasteiger partial charge in [-0.3, -0.25) is 4.79 Å². The predicted molar refractivity (Wildman–Crippen MR) is 76.0 cm³/mol. The molecule has 2 aromatic carbocycles. The summed E-state index contributed by atoms with van der Waals surface area (Å²) in [7, 11) is 0. The van der Waals surface area contributed by atoms with Gasteiger partial charge in [0.25, 0.3) is 5.91 Å². The molecule has 1 amide bonds. The smallest absolute Gasteiger partial charge is 0.255 e. The largest absolute Gasteiger partial charge is 0.467 e. The van der Waals surface area contributed by atoms with Crippen molar-refractivity contribution in [2.75, 3.05) is 0 Å². The van der Waals surface area contributed by atoms with Crippen LogP contribution in [0.1, 0.15) is 32.6 Å². The van der Waals surface area contributed by atoms with Crippen LogP contribution in [0.5, 0.6) is 0 Å². The van der Waals surface area contributed by atoms with E-state index in [1.54, 1.807) is 6.26 Å². The molecule has 0 radical (unpaired) electrons. The van der Waals surface area contributed by atoms with Crippen LogP contribution in [0.2, 0.25) is 0 Å². The molecular weight excluding hydrogens is 250 g/mol. The first-order chi connectivity index (χ1) is 9.71. The van der Waals surface area contributed by atoms with E-state index in [1.807, 2.05) is 37.3 Å². The molecule has 1 N–H and O–H groups in total. The van der Waals surface area contributed by atoms with Crippen LogP contribution in [0, 0.1) is 6.92 Å². The van der Waals surface area contributed by atoms with Gasteiger partial charge in [-0.05, 0) is 30.7 Å². The Morgan fingerprint density at radius 2 is 1.95 bits per heavy atom. The maximum absolute atomic E-state index is 12.2. The minimum absolute atomic E-state index is 0.0941. The van der Waals surface area contributed by atoms with Crippen molar-refractivity contribution in [2.45, 2.75) is 12.6 Å². The van der Waals surface area contributed by atoms with Crippen molar-refractivity contribution in [3.63, 3.8) is 0 Å². The minimum Gasteiger partial charge on any atom is -0.467 e. The maximum Gasteiger partial charge on any atom is 0.255 e. The first-order valence-electron chi connectivity index (χ1n) is 6.58. The Balaban J connectivity index is 2.03. The second-order valence-electron chi connectivity index (χ2n) is 5.19. The summed E-state index contributed by atoms with van der Waals surface area (Å²) in [6.45, 7) is 2.04. The van der Waals surface area contributed by atoms with Crippen molar-refractivity contribution in [3.05, 3.63) is 76.5 Å². The summed E-state index contributed by atoms with van der Waals surface area (Å²) >= 11 is 0. The highest BCUT2D eigenvalue weighted by Crippen LogP contribution is 2.42. The molecule has 1 spiro atoms. The molecule has 2 heterocycles. The number of rotatable bonds is 0. The standard InChI is InChI=1S/C17H13NO2/c1-11-6-7-12-8-9-20-17(15(12)10-11)14-5-3-2-4-13(14)16(19)18-17/h2-10H,1H3,(H,18,19). The lowest BCUT2D eigenvalue weighted by molar-refractivity contribution is 0.0306. The Labute approximate surface area is 116 Å². The maximum atomic E-state index is 12.2. The highest BCUT2D eigenvalue weighted by molar-refractivity contribution is 6.00. The number of amides is 1.